The van der Waals surface area contributed by atoms with Crippen LogP contribution in [0.25, 0.3) is 0 Å². The van der Waals surface area contributed by atoms with Crippen LogP contribution >= 0.6 is 8.25 Å². The maximum absolute atomic E-state index is 10.7. The molecule has 0 aromatic rings. The second-order valence-corrected chi connectivity index (χ2v) is 3.86. The van der Waals surface area contributed by atoms with Gasteiger partial charge in [0.05, 0.1) is 6.61 Å². The molecule has 1 unspecified atom stereocenters. The first-order valence-electron chi connectivity index (χ1n) is 4.31. The summed E-state index contributed by atoms with van der Waals surface area (Å²) >= 11 is 0. The molecule has 0 amide bonds. The highest BCUT2D eigenvalue weighted by Gasteiger charge is 2.53. The van der Waals surface area contributed by atoms with E-state index in [0.717, 1.165) is 0 Å². The highest BCUT2D eigenvalue weighted by atomic mass is 31.1. The van der Waals surface area contributed by atoms with Gasteiger partial charge in [0.25, 0.3) is 5.41 Å². The van der Waals surface area contributed by atoms with Crippen LogP contribution in [-0.4, -0.2) is 44.7 Å². The normalized spacial score (nSPS) is 13.0. The molecule has 0 aliphatic carbocycles. The molecule has 0 radical (unpaired) electrons. The van der Waals surface area contributed by atoms with Crippen LogP contribution in [0.2, 0.25) is 0 Å². The Kier molecular flexibility index (Phi) is 5.80. The monoisotopic (exact) mass is 270 g/mol. The number of carboxylic acid groups (broad SMARTS) is 3. The Morgan fingerprint density at radius 1 is 1.06 bits per heavy atom. The molecular weight excluding hydrogens is 259 g/mol. The highest BCUT2D eigenvalue weighted by Crippen LogP contribution is 2.26. The van der Waals surface area contributed by atoms with E-state index < -0.39 is 44.6 Å². The summed E-state index contributed by atoms with van der Waals surface area (Å²) in [6, 6.07) is 0. The van der Waals surface area contributed by atoms with Gasteiger partial charge in [-0.25, -0.2) is 0 Å². The largest absolute Gasteiger partial charge is 0.480 e. The summed E-state index contributed by atoms with van der Waals surface area (Å²) in [6.45, 7) is -0.399. The molecule has 0 aliphatic heterocycles. The molecule has 0 aromatic carbocycles. The van der Waals surface area contributed by atoms with E-state index in [2.05, 4.69) is 4.52 Å². The van der Waals surface area contributed by atoms with E-state index in [-0.39, 0.29) is 6.42 Å². The molecule has 0 aromatic heterocycles. The molecule has 0 rings (SSSR count). The molecule has 10 heteroatoms. The van der Waals surface area contributed by atoms with Gasteiger partial charge in [-0.1, -0.05) is 0 Å². The molecule has 98 valence electrons. The predicted molar refractivity (Wildman–Crippen MR) is 51.7 cm³/mol. The standard InChI is InChI=1S/C7H11O9P/c8-4(9)7(5(10)11,6(12)13)2-1-3-16-17(14)15/h17H,1-3H2,(H,8,9)(H,10,11)(H,12,13)(H,14,15). The Morgan fingerprint density at radius 2 is 1.47 bits per heavy atom. The summed E-state index contributed by atoms with van der Waals surface area (Å²) in [7, 11) is -3.20. The van der Waals surface area contributed by atoms with E-state index in [1.165, 1.54) is 0 Å². The smallest absolute Gasteiger partial charge is 0.332 e. The third kappa shape index (κ3) is 3.81. The lowest BCUT2D eigenvalue weighted by molar-refractivity contribution is -0.176. The van der Waals surface area contributed by atoms with Crippen molar-refractivity contribution < 1.29 is 43.7 Å². The number of aliphatic carboxylic acids is 3. The topological polar surface area (TPSA) is 158 Å². The summed E-state index contributed by atoms with van der Waals surface area (Å²) in [6.07, 6.45) is -1.04. The van der Waals surface area contributed by atoms with Crippen LogP contribution in [-0.2, 0) is 23.5 Å². The first-order valence-corrected chi connectivity index (χ1v) is 5.57. The van der Waals surface area contributed by atoms with Gasteiger partial charge in [-0.05, 0) is 12.8 Å². The molecule has 4 N–H and O–H groups in total. The molecule has 0 saturated heterocycles. The van der Waals surface area contributed by atoms with Crippen molar-refractivity contribution in [2.24, 2.45) is 5.41 Å². The second kappa shape index (κ2) is 6.33. The number of rotatable bonds is 8. The van der Waals surface area contributed by atoms with Crippen molar-refractivity contribution in [3.05, 3.63) is 0 Å². The predicted octanol–water partition coefficient (Wildman–Crippen LogP) is -0.595. The SMILES string of the molecule is O=C(O)C(CCCO[PH](=O)O)(C(=O)O)C(=O)O. The third-order valence-electron chi connectivity index (χ3n) is 2.02. The maximum Gasteiger partial charge on any atom is 0.332 e. The van der Waals surface area contributed by atoms with Crippen molar-refractivity contribution in [3.63, 3.8) is 0 Å². The summed E-state index contributed by atoms with van der Waals surface area (Å²) in [5.74, 6) is -6.02. The van der Waals surface area contributed by atoms with Crippen LogP contribution in [0, 0.1) is 5.41 Å². The van der Waals surface area contributed by atoms with Gasteiger partial charge in [0.15, 0.2) is 0 Å². The number of hydrogen-bond donors (Lipinski definition) is 4. The van der Waals surface area contributed by atoms with Gasteiger partial charge in [0.1, 0.15) is 0 Å². The Labute approximate surface area is 95.6 Å². The van der Waals surface area contributed by atoms with Crippen molar-refractivity contribution in [2.75, 3.05) is 6.61 Å². The molecule has 0 aliphatic rings. The van der Waals surface area contributed by atoms with Crippen LogP contribution < -0.4 is 0 Å². The lowest BCUT2D eigenvalue weighted by atomic mass is 9.83. The van der Waals surface area contributed by atoms with Gasteiger partial charge in [0, 0.05) is 0 Å². The van der Waals surface area contributed by atoms with Gasteiger partial charge in [-0.15, -0.1) is 0 Å². The van der Waals surface area contributed by atoms with Gasteiger partial charge in [-0.2, -0.15) is 0 Å². The van der Waals surface area contributed by atoms with Crippen molar-refractivity contribution in [2.45, 2.75) is 12.8 Å². The first kappa shape index (κ1) is 15.6. The summed E-state index contributed by atoms with van der Waals surface area (Å²) in [5, 5.41) is 26.0. The molecule has 1 atom stereocenters. The first-order chi connectivity index (χ1) is 7.75. The lowest BCUT2D eigenvalue weighted by Gasteiger charge is -2.19. The van der Waals surface area contributed by atoms with Crippen LogP contribution in [0.1, 0.15) is 12.8 Å². The number of carboxylic acids is 3. The minimum absolute atomic E-state index is 0.290. The van der Waals surface area contributed by atoms with Crippen LogP contribution in [0.3, 0.4) is 0 Å². The Balaban J connectivity index is 4.72. The van der Waals surface area contributed by atoms with E-state index >= 15 is 0 Å². The van der Waals surface area contributed by atoms with E-state index in [1.807, 2.05) is 0 Å². The highest BCUT2D eigenvalue weighted by molar-refractivity contribution is 7.32. The molecule has 0 fully saturated rings. The summed E-state index contributed by atoms with van der Waals surface area (Å²) in [5.41, 5.74) is -2.96. The van der Waals surface area contributed by atoms with Crippen LogP contribution in [0.4, 0.5) is 0 Å². The Hall–Kier alpha value is -1.44. The molecular formula is C7H11O9P. The van der Waals surface area contributed by atoms with E-state index in [4.69, 9.17) is 20.2 Å². The fourth-order valence-electron chi connectivity index (χ4n) is 1.09. The fraction of sp³-hybridized carbons (Fsp3) is 0.571. The molecule has 0 spiro atoms. The average molecular weight is 270 g/mol. The fourth-order valence-corrected chi connectivity index (χ4v) is 1.41. The zero-order valence-corrected chi connectivity index (χ0v) is 9.45. The molecule has 0 saturated carbocycles. The summed E-state index contributed by atoms with van der Waals surface area (Å²) < 4.78 is 14.3. The Morgan fingerprint density at radius 3 is 1.76 bits per heavy atom. The van der Waals surface area contributed by atoms with Gasteiger partial charge < -0.3 is 24.7 Å². The van der Waals surface area contributed by atoms with E-state index in [0.29, 0.717) is 0 Å². The zero-order valence-electron chi connectivity index (χ0n) is 8.45. The second-order valence-electron chi connectivity index (χ2n) is 3.04. The number of carbonyl (C=O) groups is 3. The summed E-state index contributed by atoms with van der Waals surface area (Å²) in [4.78, 5) is 40.5. The van der Waals surface area contributed by atoms with E-state index in [9.17, 15) is 18.9 Å². The molecule has 9 nitrogen and oxygen atoms in total. The quantitative estimate of drug-likeness (QED) is 0.256. The lowest BCUT2D eigenvalue weighted by Crippen LogP contribution is -2.46. The van der Waals surface area contributed by atoms with Crippen LogP contribution in [0.5, 0.6) is 0 Å². The van der Waals surface area contributed by atoms with Gasteiger partial charge in [0.2, 0.25) is 0 Å². The zero-order chi connectivity index (χ0) is 13.6. The third-order valence-corrected chi connectivity index (χ3v) is 2.47. The molecule has 0 heterocycles. The minimum Gasteiger partial charge on any atom is -0.480 e. The van der Waals surface area contributed by atoms with Crippen molar-refractivity contribution >= 4 is 26.2 Å². The number of hydrogen-bond acceptors (Lipinski definition) is 5. The average Bonchev–Trinajstić information content (AvgIpc) is 2.15. The van der Waals surface area contributed by atoms with Crippen molar-refractivity contribution in [1.29, 1.82) is 0 Å². The maximum atomic E-state index is 10.7. The Bertz CT molecular complexity index is 313. The minimum atomic E-state index is -3.20. The van der Waals surface area contributed by atoms with Crippen molar-refractivity contribution in [1.82, 2.24) is 0 Å². The van der Waals surface area contributed by atoms with Gasteiger partial charge in [-0.3, -0.25) is 18.9 Å². The molecule has 0 bridgehead atoms. The van der Waals surface area contributed by atoms with Gasteiger partial charge >= 0.3 is 26.2 Å². The van der Waals surface area contributed by atoms with Crippen molar-refractivity contribution in [3.8, 4) is 0 Å². The molecule has 17 heavy (non-hydrogen) atoms. The van der Waals surface area contributed by atoms with Crippen LogP contribution in [0.15, 0.2) is 0 Å². The van der Waals surface area contributed by atoms with E-state index in [1.54, 1.807) is 0 Å².